The van der Waals surface area contributed by atoms with Crippen LogP contribution in [0.3, 0.4) is 0 Å². The lowest BCUT2D eigenvalue weighted by Crippen LogP contribution is -2.40. The predicted octanol–water partition coefficient (Wildman–Crippen LogP) is 2.59. The summed E-state index contributed by atoms with van der Waals surface area (Å²) in [6, 6.07) is 7.99. The van der Waals surface area contributed by atoms with E-state index < -0.39 is 0 Å². The fourth-order valence-electron chi connectivity index (χ4n) is 3.53. The van der Waals surface area contributed by atoms with Gasteiger partial charge in [-0.3, -0.25) is 0 Å². The van der Waals surface area contributed by atoms with Gasteiger partial charge in [0, 0.05) is 25.2 Å². The summed E-state index contributed by atoms with van der Waals surface area (Å²) in [6.45, 7) is 7.84. The first-order chi connectivity index (χ1) is 9.99. The maximum Gasteiger partial charge on any atom is 0.0446 e. The Balaban J connectivity index is 1.97. The SMILES string of the molecule is CNC(CN(C)CC1CCCN1C)c1cc(C)cc(C)c1. The molecule has 1 aromatic carbocycles. The first kappa shape index (κ1) is 16.5. The molecule has 1 aliphatic rings. The minimum absolute atomic E-state index is 0.403. The molecule has 3 heteroatoms. The molecular formula is C18H31N3. The lowest BCUT2D eigenvalue weighted by Gasteiger charge is -2.29. The number of benzene rings is 1. The number of nitrogens with zero attached hydrogens (tertiary/aromatic N) is 2. The second kappa shape index (κ2) is 7.39. The molecule has 0 saturated carbocycles. The minimum Gasteiger partial charge on any atom is -0.312 e. The Bertz CT molecular complexity index is 438. The standard InChI is InChI=1S/C18H31N3/c1-14-9-15(2)11-16(10-14)18(19-3)13-20(4)12-17-7-6-8-21(17)5/h9-11,17-19H,6-8,12-13H2,1-5H3. The summed E-state index contributed by atoms with van der Waals surface area (Å²) in [7, 11) is 6.57. The van der Waals surface area contributed by atoms with Gasteiger partial charge in [-0.2, -0.15) is 0 Å². The van der Waals surface area contributed by atoms with E-state index in [1.54, 1.807) is 0 Å². The molecule has 0 aromatic heterocycles. The van der Waals surface area contributed by atoms with E-state index in [4.69, 9.17) is 0 Å². The van der Waals surface area contributed by atoms with E-state index in [0.29, 0.717) is 6.04 Å². The van der Waals surface area contributed by atoms with Gasteiger partial charge in [-0.1, -0.05) is 29.3 Å². The van der Waals surface area contributed by atoms with Gasteiger partial charge < -0.3 is 15.1 Å². The lowest BCUT2D eigenvalue weighted by atomic mass is 10.0. The Labute approximate surface area is 130 Å². The first-order valence-corrected chi connectivity index (χ1v) is 8.14. The fraction of sp³-hybridized carbons (Fsp3) is 0.667. The number of rotatable bonds is 6. The van der Waals surface area contributed by atoms with Crippen LogP contribution in [0.1, 0.15) is 35.6 Å². The van der Waals surface area contributed by atoms with Crippen LogP contribution in [0.25, 0.3) is 0 Å². The highest BCUT2D eigenvalue weighted by Crippen LogP contribution is 2.20. The van der Waals surface area contributed by atoms with Crippen LogP contribution in [0, 0.1) is 13.8 Å². The number of nitrogens with one attached hydrogen (secondary N) is 1. The summed E-state index contributed by atoms with van der Waals surface area (Å²) < 4.78 is 0. The van der Waals surface area contributed by atoms with Crippen molar-refractivity contribution in [1.29, 1.82) is 0 Å². The Kier molecular flexibility index (Phi) is 5.80. The van der Waals surface area contributed by atoms with E-state index >= 15 is 0 Å². The zero-order chi connectivity index (χ0) is 15.4. The van der Waals surface area contributed by atoms with Crippen LogP contribution in [0.4, 0.5) is 0 Å². The largest absolute Gasteiger partial charge is 0.312 e. The van der Waals surface area contributed by atoms with E-state index in [-0.39, 0.29) is 0 Å². The molecule has 2 atom stereocenters. The lowest BCUT2D eigenvalue weighted by molar-refractivity contribution is 0.208. The number of aryl methyl sites for hydroxylation is 2. The van der Waals surface area contributed by atoms with Gasteiger partial charge in [0.15, 0.2) is 0 Å². The van der Waals surface area contributed by atoms with Crippen LogP contribution in [0.2, 0.25) is 0 Å². The summed E-state index contributed by atoms with van der Waals surface area (Å²) in [6.07, 6.45) is 2.69. The normalized spacial score (nSPS) is 21.1. The highest BCUT2D eigenvalue weighted by Gasteiger charge is 2.23. The molecule has 2 unspecified atom stereocenters. The summed E-state index contributed by atoms with van der Waals surface area (Å²) in [5, 5.41) is 3.48. The average molecular weight is 289 g/mol. The molecule has 0 spiro atoms. The number of likely N-dealkylation sites (N-methyl/N-ethyl adjacent to an activating group) is 3. The third-order valence-electron chi connectivity index (χ3n) is 4.68. The van der Waals surface area contributed by atoms with Gasteiger partial charge in [0.1, 0.15) is 0 Å². The van der Waals surface area contributed by atoms with Crippen molar-refractivity contribution in [2.45, 2.75) is 38.8 Å². The maximum atomic E-state index is 3.48. The zero-order valence-electron chi connectivity index (χ0n) is 14.3. The molecule has 21 heavy (non-hydrogen) atoms. The molecule has 3 nitrogen and oxygen atoms in total. The molecule has 1 aliphatic heterocycles. The molecule has 118 valence electrons. The van der Waals surface area contributed by atoms with Crippen molar-refractivity contribution in [1.82, 2.24) is 15.1 Å². The van der Waals surface area contributed by atoms with Gasteiger partial charge in [-0.05, 0) is 59.9 Å². The molecule has 2 rings (SSSR count). The van der Waals surface area contributed by atoms with Crippen LogP contribution in [-0.4, -0.2) is 56.6 Å². The Hall–Kier alpha value is -0.900. The number of hydrogen-bond acceptors (Lipinski definition) is 3. The third kappa shape index (κ3) is 4.53. The van der Waals surface area contributed by atoms with Crippen molar-refractivity contribution in [2.24, 2.45) is 0 Å². The van der Waals surface area contributed by atoms with Crippen molar-refractivity contribution in [3.63, 3.8) is 0 Å². The van der Waals surface area contributed by atoms with Gasteiger partial charge in [0.05, 0.1) is 0 Å². The molecule has 1 heterocycles. The summed E-state index contributed by atoms with van der Waals surface area (Å²) in [4.78, 5) is 4.98. The monoisotopic (exact) mass is 289 g/mol. The van der Waals surface area contributed by atoms with E-state index in [1.807, 2.05) is 0 Å². The second-order valence-corrected chi connectivity index (χ2v) is 6.76. The molecule has 0 radical (unpaired) electrons. The number of hydrogen-bond donors (Lipinski definition) is 1. The molecule has 1 aromatic rings. The van der Waals surface area contributed by atoms with Crippen LogP contribution in [0.5, 0.6) is 0 Å². The van der Waals surface area contributed by atoms with Gasteiger partial charge in [0.25, 0.3) is 0 Å². The number of likely N-dealkylation sites (tertiary alicyclic amines) is 1. The zero-order valence-corrected chi connectivity index (χ0v) is 14.3. The molecule has 1 saturated heterocycles. The molecule has 1 fully saturated rings. The van der Waals surface area contributed by atoms with E-state index in [0.717, 1.165) is 12.6 Å². The molecule has 0 amide bonds. The van der Waals surface area contributed by atoms with E-state index in [9.17, 15) is 0 Å². The fourth-order valence-corrected chi connectivity index (χ4v) is 3.53. The van der Waals surface area contributed by atoms with Gasteiger partial charge in [0.2, 0.25) is 0 Å². The second-order valence-electron chi connectivity index (χ2n) is 6.76. The average Bonchev–Trinajstić information content (AvgIpc) is 2.80. The van der Waals surface area contributed by atoms with Gasteiger partial charge >= 0.3 is 0 Å². The third-order valence-corrected chi connectivity index (χ3v) is 4.68. The Morgan fingerprint density at radius 3 is 2.48 bits per heavy atom. The molecule has 1 N–H and O–H groups in total. The van der Waals surface area contributed by atoms with Gasteiger partial charge in [-0.15, -0.1) is 0 Å². The van der Waals surface area contributed by atoms with Crippen molar-refractivity contribution >= 4 is 0 Å². The van der Waals surface area contributed by atoms with Crippen molar-refractivity contribution in [3.05, 3.63) is 34.9 Å². The van der Waals surface area contributed by atoms with Crippen molar-refractivity contribution in [2.75, 3.05) is 40.8 Å². The Morgan fingerprint density at radius 2 is 1.95 bits per heavy atom. The molecular weight excluding hydrogens is 258 g/mol. The highest BCUT2D eigenvalue weighted by atomic mass is 15.2. The van der Waals surface area contributed by atoms with Crippen LogP contribution in [-0.2, 0) is 0 Å². The molecule has 0 bridgehead atoms. The topological polar surface area (TPSA) is 18.5 Å². The van der Waals surface area contributed by atoms with E-state index in [2.05, 4.69) is 68.3 Å². The Morgan fingerprint density at radius 1 is 1.29 bits per heavy atom. The smallest absolute Gasteiger partial charge is 0.0446 e. The van der Waals surface area contributed by atoms with E-state index in [1.165, 1.54) is 42.6 Å². The molecule has 0 aliphatic carbocycles. The van der Waals surface area contributed by atoms with Gasteiger partial charge in [-0.25, -0.2) is 0 Å². The minimum atomic E-state index is 0.403. The summed E-state index contributed by atoms with van der Waals surface area (Å²) in [5.74, 6) is 0. The summed E-state index contributed by atoms with van der Waals surface area (Å²) >= 11 is 0. The first-order valence-electron chi connectivity index (χ1n) is 8.14. The highest BCUT2D eigenvalue weighted by molar-refractivity contribution is 5.30. The quantitative estimate of drug-likeness (QED) is 0.868. The van der Waals surface area contributed by atoms with Crippen molar-refractivity contribution < 1.29 is 0 Å². The van der Waals surface area contributed by atoms with Crippen molar-refractivity contribution in [3.8, 4) is 0 Å². The predicted molar refractivity (Wildman–Crippen MR) is 90.9 cm³/mol. The van der Waals surface area contributed by atoms with Crippen LogP contribution in [0.15, 0.2) is 18.2 Å². The maximum absolute atomic E-state index is 3.48. The van der Waals surface area contributed by atoms with Crippen LogP contribution >= 0.6 is 0 Å². The van der Waals surface area contributed by atoms with Crippen LogP contribution < -0.4 is 5.32 Å². The summed E-state index contributed by atoms with van der Waals surface area (Å²) in [5.41, 5.74) is 4.11.